The van der Waals surface area contributed by atoms with Crippen LogP contribution in [-0.2, 0) is 12.0 Å². The average Bonchev–Trinajstić information content (AvgIpc) is 3.19. The van der Waals surface area contributed by atoms with Gasteiger partial charge in [0.1, 0.15) is 15.8 Å². The van der Waals surface area contributed by atoms with Crippen LogP contribution in [0.15, 0.2) is 0 Å². The van der Waals surface area contributed by atoms with Gasteiger partial charge in [-0.25, -0.2) is 9.78 Å². The number of hydrogen-bond donors (Lipinski definition) is 1. The third kappa shape index (κ3) is 3.47. The number of nitrogens with one attached hydrogen (secondary N) is 1. The summed E-state index contributed by atoms with van der Waals surface area (Å²) in [5.41, 5.74) is 0.693. The first kappa shape index (κ1) is 21.2. The Morgan fingerprint density at radius 3 is 2.29 bits per heavy atom. The van der Waals surface area contributed by atoms with Gasteiger partial charge < -0.3 is 9.80 Å². The molecule has 2 spiro atoms. The number of nitrogens with zero attached hydrogens (tertiary/aromatic N) is 7. The summed E-state index contributed by atoms with van der Waals surface area (Å²) in [5.74, 6) is 3.18. The normalized spacial score (nSPS) is 25.7. The van der Waals surface area contributed by atoms with Gasteiger partial charge in [-0.2, -0.15) is 5.10 Å². The number of urea groups is 1. The third-order valence-corrected chi connectivity index (χ3v) is 9.77. The SMILES string of the molecule is CC(C)(C)c1nnc(CN2CC3(C2)CN(C(=O)N2CC4(CC(c5n[nH]c(C6CC6)n5)C4)C2)C3)s1. The topological polar surface area (TPSA) is 94.1 Å². The quantitative estimate of drug-likeness (QED) is 0.720. The van der Waals surface area contributed by atoms with E-state index in [1.165, 1.54) is 12.8 Å². The minimum absolute atomic E-state index is 0.0617. The molecule has 0 radical (unpaired) electrons. The molecular weight excluding hydrogens is 448 g/mol. The number of rotatable bonds is 4. The highest BCUT2D eigenvalue weighted by molar-refractivity contribution is 7.11. The highest BCUT2D eigenvalue weighted by atomic mass is 32.1. The lowest BCUT2D eigenvalue weighted by Gasteiger charge is -2.63. The first-order valence-electron chi connectivity index (χ1n) is 12.7. The summed E-state index contributed by atoms with van der Waals surface area (Å²) >= 11 is 1.73. The van der Waals surface area contributed by atoms with Gasteiger partial charge in [-0.1, -0.05) is 32.1 Å². The Balaban J connectivity index is 0.844. The van der Waals surface area contributed by atoms with Crippen molar-refractivity contribution >= 4 is 17.4 Å². The van der Waals surface area contributed by atoms with E-state index >= 15 is 0 Å². The number of carbonyl (C=O) groups excluding carboxylic acids is 1. The van der Waals surface area contributed by atoms with E-state index in [1.807, 2.05) is 0 Å². The molecule has 1 N–H and O–H groups in total. The number of aromatic nitrogens is 5. The van der Waals surface area contributed by atoms with Crippen LogP contribution in [0.2, 0.25) is 0 Å². The minimum Gasteiger partial charge on any atom is -0.323 e. The molecule has 5 aliphatic rings. The van der Waals surface area contributed by atoms with E-state index in [1.54, 1.807) is 11.3 Å². The maximum absolute atomic E-state index is 13.0. The maximum atomic E-state index is 13.0. The van der Waals surface area contributed by atoms with E-state index in [2.05, 4.69) is 55.9 Å². The number of hydrogen-bond acceptors (Lipinski definition) is 7. The van der Waals surface area contributed by atoms with Gasteiger partial charge in [-0.05, 0) is 25.7 Å². The van der Waals surface area contributed by atoms with Gasteiger partial charge in [-0.3, -0.25) is 10.00 Å². The summed E-state index contributed by atoms with van der Waals surface area (Å²) in [7, 11) is 0. The smallest absolute Gasteiger partial charge is 0.320 e. The van der Waals surface area contributed by atoms with Crippen molar-refractivity contribution in [3.8, 4) is 0 Å². The molecule has 7 rings (SSSR count). The molecule has 0 bridgehead atoms. The van der Waals surface area contributed by atoms with E-state index in [9.17, 15) is 4.79 Å². The van der Waals surface area contributed by atoms with Crippen molar-refractivity contribution < 1.29 is 4.79 Å². The Hall–Kier alpha value is -2.07. The highest BCUT2D eigenvalue weighted by Gasteiger charge is 2.58. The summed E-state index contributed by atoms with van der Waals surface area (Å²) in [5, 5.41) is 18.6. The molecule has 3 saturated heterocycles. The molecule has 2 amide bonds. The Bertz CT molecular complexity index is 1100. The van der Waals surface area contributed by atoms with Crippen LogP contribution in [0.5, 0.6) is 0 Å². The van der Waals surface area contributed by atoms with Crippen LogP contribution < -0.4 is 0 Å². The predicted molar refractivity (Wildman–Crippen MR) is 128 cm³/mol. The number of amides is 2. The molecule has 0 atom stereocenters. The lowest BCUT2D eigenvalue weighted by molar-refractivity contribution is -0.116. The first-order valence-corrected chi connectivity index (χ1v) is 13.5. The van der Waals surface area contributed by atoms with Crippen LogP contribution in [0.3, 0.4) is 0 Å². The Kier molecular flexibility index (Phi) is 4.37. The summed E-state index contributed by atoms with van der Waals surface area (Å²) in [6.45, 7) is 13.2. The van der Waals surface area contributed by atoms with E-state index < -0.39 is 0 Å². The molecule has 2 aromatic rings. The van der Waals surface area contributed by atoms with Crippen molar-refractivity contribution in [2.45, 2.75) is 70.3 Å². The molecule has 2 saturated carbocycles. The van der Waals surface area contributed by atoms with Gasteiger partial charge >= 0.3 is 6.03 Å². The van der Waals surface area contributed by atoms with Gasteiger partial charge in [0.25, 0.3) is 0 Å². The van der Waals surface area contributed by atoms with Crippen molar-refractivity contribution in [3.63, 3.8) is 0 Å². The van der Waals surface area contributed by atoms with Crippen molar-refractivity contribution in [2.75, 3.05) is 39.3 Å². The fourth-order valence-corrected chi connectivity index (χ4v) is 7.40. The Morgan fingerprint density at radius 2 is 1.68 bits per heavy atom. The standard InChI is InChI=1S/C24H34N8OS/c1-22(2,3)20-29-26-17(34-20)8-30-9-24(10-30)13-32(14-24)21(33)31-11-23(12-31)6-16(7-23)19-25-18(27-28-19)15-4-5-15/h15-16H,4-14H2,1-3H3,(H,25,27,28). The highest BCUT2D eigenvalue weighted by Crippen LogP contribution is 2.56. The van der Waals surface area contributed by atoms with Crippen LogP contribution in [0, 0.1) is 10.8 Å². The Morgan fingerprint density at radius 1 is 1.00 bits per heavy atom. The zero-order valence-corrected chi connectivity index (χ0v) is 21.2. The molecule has 5 heterocycles. The van der Waals surface area contributed by atoms with Crippen molar-refractivity contribution in [2.24, 2.45) is 10.8 Å². The summed E-state index contributed by atoms with van der Waals surface area (Å²) in [4.78, 5) is 24.3. The number of likely N-dealkylation sites (tertiary alicyclic amines) is 3. The lowest BCUT2D eigenvalue weighted by atomic mass is 9.57. The number of H-pyrrole nitrogens is 1. The number of aromatic amines is 1. The first-order chi connectivity index (χ1) is 16.2. The molecule has 10 heteroatoms. The Labute approximate surface area is 204 Å². The van der Waals surface area contributed by atoms with Crippen LogP contribution in [0.1, 0.15) is 80.0 Å². The molecule has 0 aromatic carbocycles. The summed E-state index contributed by atoms with van der Waals surface area (Å²) in [6, 6.07) is 0.242. The second-order valence-electron chi connectivity index (χ2n) is 12.8. The molecule has 34 heavy (non-hydrogen) atoms. The molecule has 2 aromatic heterocycles. The number of carbonyl (C=O) groups is 1. The zero-order valence-electron chi connectivity index (χ0n) is 20.4. The molecule has 3 aliphatic heterocycles. The molecule has 182 valence electrons. The van der Waals surface area contributed by atoms with Crippen LogP contribution in [0.4, 0.5) is 4.79 Å². The van der Waals surface area contributed by atoms with Gasteiger partial charge in [-0.15, -0.1) is 10.2 Å². The fourth-order valence-electron chi connectivity index (χ4n) is 6.46. The zero-order chi connectivity index (χ0) is 23.3. The second kappa shape index (κ2) is 7.00. The van der Waals surface area contributed by atoms with E-state index in [-0.39, 0.29) is 11.4 Å². The third-order valence-electron chi connectivity index (χ3n) is 8.44. The molecule has 2 aliphatic carbocycles. The summed E-state index contributed by atoms with van der Waals surface area (Å²) < 4.78 is 0. The van der Waals surface area contributed by atoms with Crippen molar-refractivity contribution in [1.82, 2.24) is 40.1 Å². The second-order valence-corrected chi connectivity index (χ2v) is 13.9. The predicted octanol–water partition coefficient (Wildman–Crippen LogP) is 2.95. The molecular formula is C24H34N8OS. The summed E-state index contributed by atoms with van der Waals surface area (Å²) in [6.07, 6.45) is 4.75. The lowest BCUT2D eigenvalue weighted by Crippen LogP contribution is -2.75. The molecule has 9 nitrogen and oxygen atoms in total. The average molecular weight is 483 g/mol. The van der Waals surface area contributed by atoms with Gasteiger partial charge in [0, 0.05) is 67.3 Å². The van der Waals surface area contributed by atoms with Crippen LogP contribution in [0.25, 0.3) is 0 Å². The largest absolute Gasteiger partial charge is 0.323 e. The van der Waals surface area contributed by atoms with Crippen molar-refractivity contribution in [1.29, 1.82) is 0 Å². The van der Waals surface area contributed by atoms with Gasteiger partial charge in [0.05, 0.1) is 6.54 Å². The fraction of sp³-hybridized carbons (Fsp3) is 0.792. The van der Waals surface area contributed by atoms with E-state index in [0.29, 0.717) is 22.7 Å². The van der Waals surface area contributed by atoms with E-state index in [4.69, 9.17) is 4.98 Å². The van der Waals surface area contributed by atoms with Gasteiger partial charge in [0.15, 0.2) is 5.82 Å². The minimum atomic E-state index is 0.0617. The molecule has 0 unspecified atom stereocenters. The van der Waals surface area contributed by atoms with Crippen LogP contribution >= 0.6 is 11.3 Å². The van der Waals surface area contributed by atoms with E-state index in [0.717, 1.165) is 80.3 Å². The molecule has 5 fully saturated rings. The van der Waals surface area contributed by atoms with Crippen LogP contribution in [-0.4, -0.2) is 85.4 Å². The maximum Gasteiger partial charge on any atom is 0.320 e. The van der Waals surface area contributed by atoms with Crippen molar-refractivity contribution in [3.05, 3.63) is 21.7 Å². The van der Waals surface area contributed by atoms with Gasteiger partial charge in [0.2, 0.25) is 0 Å². The monoisotopic (exact) mass is 482 g/mol.